The van der Waals surface area contributed by atoms with Gasteiger partial charge in [-0.1, -0.05) is 31.8 Å². The number of aromatic nitrogens is 1. The number of amides is 2. The standard InChI is InChI=1S/C22H27N3O5/c1-12(2)14-9-15(18(27)10-17(14)26)22(29)25-8-7-19-16(11-25)20(24-30-19)21(28)23-13-5-3-4-6-13/h9-10,12-13,26-27H,3-8,11H2,1-2H3,(H,23,28). The molecular weight excluding hydrogens is 386 g/mol. The molecule has 2 aromatic rings. The molecule has 30 heavy (non-hydrogen) atoms. The van der Waals surface area contributed by atoms with E-state index in [9.17, 15) is 19.8 Å². The lowest BCUT2D eigenvalue weighted by Gasteiger charge is -2.27. The highest BCUT2D eigenvalue weighted by Gasteiger charge is 2.32. The maximum atomic E-state index is 13.1. The molecule has 0 spiro atoms. The van der Waals surface area contributed by atoms with Crippen molar-refractivity contribution in [1.82, 2.24) is 15.4 Å². The predicted octanol–water partition coefficient (Wildman–Crippen LogP) is 3.08. The number of benzene rings is 1. The highest BCUT2D eigenvalue weighted by atomic mass is 16.5. The molecule has 2 amide bonds. The first kappa shape index (κ1) is 20.3. The lowest BCUT2D eigenvalue weighted by molar-refractivity contribution is 0.0723. The first-order chi connectivity index (χ1) is 14.3. The molecule has 0 atom stereocenters. The van der Waals surface area contributed by atoms with Crippen molar-refractivity contribution >= 4 is 11.8 Å². The van der Waals surface area contributed by atoms with Crippen molar-refractivity contribution in [2.75, 3.05) is 6.54 Å². The van der Waals surface area contributed by atoms with Crippen LogP contribution in [0.15, 0.2) is 16.7 Å². The fourth-order valence-electron chi connectivity index (χ4n) is 4.28. The molecule has 160 valence electrons. The number of nitrogens with one attached hydrogen (secondary N) is 1. The molecule has 1 fully saturated rings. The van der Waals surface area contributed by atoms with Crippen LogP contribution in [0.2, 0.25) is 0 Å². The Balaban J connectivity index is 1.56. The maximum Gasteiger partial charge on any atom is 0.274 e. The summed E-state index contributed by atoms with van der Waals surface area (Å²) in [5, 5.41) is 27.3. The second kappa shape index (κ2) is 8.01. The van der Waals surface area contributed by atoms with Crippen LogP contribution in [0.25, 0.3) is 0 Å². The smallest absolute Gasteiger partial charge is 0.274 e. The van der Waals surface area contributed by atoms with Crippen LogP contribution in [0, 0.1) is 0 Å². The fourth-order valence-corrected chi connectivity index (χ4v) is 4.28. The number of phenolic OH excluding ortho intramolecular Hbond substituents is 2. The van der Waals surface area contributed by atoms with Crippen LogP contribution >= 0.6 is 0 Å². The van der Waals surface area contributed by atoms with Crippen molar-refractivity contribution in [3.63, 3.8) is 0 Å². The lowest BCUT2D eigenvalue weighted by atomic mass is 9.97. The summed E-state index contributed by atoms with van der Waals surface area (Å²) in [5.74, 6) is -0.316. The summed E-state index contributed by atoms with van der Waals surface area (Å²) >= 11 is 0. The van der Waals surface area contributed by atoms with Crippen LogP contribution in [-0.2, 0) is 13.0 Å². The quantitative estimate of drug-likeness (QED) is 0.709. The summed E-state index contributed by atoms with van der Waals surface area (Å²) in [6, 6.07) is 2.90. The molecule has 3 N–H and O–H groups in total. The zero-order valence-corrected chi connectivity index (χ0v) is 17.3. The zero-order chi connectivity index (χ0) is 21.4. The number of fused-ring (bicyclic) bond motifs is 1. The molecule has 0 saturated heterocycles. The van der Waals surface area contributed by atoms with E-state index in [4.69, 9.17) is 4.52 Å². The van der Waals surface area contributed by atoms with Crippen molar-refractivity contribution in [2.45, 2.75) is 64.5 Å². The molecular formula is C22H27N3O5. The summed E-state index contributed by atoms with van der Waals surface area (Å²) < 4.78 is 5.37. The van der Waals surface area contributed by atoms with Crippen LogP contribution in [0.1, 0.15) is 83.2 Å². The molecule has 1 aliphatic heterocycles. The summed E-state index contributed by atoms with van der Waals surface area (Å²) in [4.78, 5) is 27.4. The molecule has 4 rings (SSSR count). The van der Waals surface area contributed by atoms with Crippen LogP contribution in [0.4, 0.5) is 0 Å². The van der Waals surface area contributed by atoms with E-state index in [1.807, 2.05) is 13.8 Å². The van der Waals surface area contributed by atoms with Gasteiger partial charge in [-0.2, -0.15) is 0 Å². The van der Waals surface area contributed by atoms with Crippen molar-refractivity contribution in [3.8, 4) is 11.5 Å². The molecule has 1 aliphatic carbocycles. The van der Waals surface area contributed by atoms with Gasteiger partial charge in [0.2, 0.25) is 0 Å². The Morgan fingerprint density at radius 2 is 1.93 bits per heavy atom. The SMILES string of the molecule is CC(C)c1cc(C(=O)N2CCc3onc(C(=O)NC4CCCC4)c3C2)c(O)cc1O. The van der Waals surface area contributed by atoms with Gasteiger partial charge in [-0.05, 0) is 30.4 Å². The monoisotopic (exact) mass is 413 g/mol. The molecule has 8 heteroatoms. The molecule has 0 unspecified atom stereocenters. The van der Waals surface area contributed by atoms with Crippen molar-refractivity contribution < 1.29 is 24.3 Å². The van der Waals surface area contributed by atoms with Crippen LogP contribution < -0.4 is 5.32 Å². The van der Waals surface area contributed by atoms with E-state index in [2.05, 4.69) is 10.5 Å². The van der Waals surface area contributed by atoms with Crippen molar-refractivity contribution in [2.24, 2.45) is 0 Å². The van der Waals surface area contributed by atoms with Crippen LogP contribution in [-0.4, -0.2) is 44.7 Å². The molecule has 2 heterocycles. The molecule has 1 aromatic heterocycles. The Hall–Kier alpha value is -3.03. The van der Waals surface area contributed by atoms with Gasteiger partial charge in [0.25, 0.3) is 11.8 Å². The summed E-state index contributed by atoms with van der Waals surface area (Å²) in [7, 11) is 0. The number of carbonyl (C=O) groups is 2. The van der Waals surface area contributed by atoms with E-state index in [0.717, 1.165) is 25.7 Å². The van der Waals surface area contributed by atoms with Gasteiger partial charge < -0.3 is 25.0 Å². The van der Waals surface area contributed by atoms with Gasteiger partial charge in [-0.25, -0.2) is 0 Å². The number of aromatic hydroxyl groups is 2. The molecule has 1 saturated carbocycles. The average Bonchev–Trinajstić information content (AvgIpc) is 3.36. The number of hydrogen-bond acceptors (Lipinski definition) is 6. The van der Waals surface area contributed by atoms with Crippen LogP contribution in [0.3, 0.4) is 0 Å². The topological polar surface area (TPSA) is 116 Å². The van der Waals surface area contributed by atoms with Crippen LogP contribution in [0.5, 0.6) is 11.5 Å². The van der Waals surface area contributed by atoms with E-state index in [-0.39, 0.29) is 53.1 Å². The fraction of sp³-hybridized carbons (Fsp3) is 0.500. The number of rotatable bonds is 4. The predicted molar refractivity (Wildman–Crippen MR) is 109 cm³/mol. The summed E-state index contributed by atoms with van der Waals surface area (Å²) in [6.45, 7) is 4.38. The lowest BCUT2D eigenvalue weighted by Crippen LogP contribution is -2.38. The molecule has 0 bridgehead atoms. The van der Waals surface area contributed by atoms with Gasteiger partial charge in [0.1, 0.15) is 17.3 Å². The minimum Gasteiger partial charge on any atom is -0.508 e. The second-order valence-corrected chi connectivity index (χ2v) is 8.45. The number of nitrogens with zero attached hydrogens (tertiary/aromatic N) is 2. The summed E-state index contributed by atoms with van der Waals surface area (Å²) in [5.41, 5.74) is 1.57. The molecule has 1 aromatic carbocycles. The number of carbonyl (C=O) groups excluding carboxylic acids is 2. The van der Waals surface area contributed by atoms with Gasteiger partial charge >= 0.3 is 0 Å². The third kappa shape index (κ3) is 3.74. The molecule has 8 nitrogen and oxygen atoms in total. The average molecular weight is 413 g/mol. The first-order valence-electron chi connectivity index (χ1n) is 10.5. The van der Waals surface area contributed by atoms with Gasteiger partial charge in [-0.3, -0.25) is 9.59 Å². The minimum absolute atomic E-state index is 0.00549. The highest BCUT2D eigenvalue weighted by molar-refractivity contribution is 5.98. The minimum atomic E-state index is -0.358. The Kier molecular flexibility index (Phi) is 5.40. The van der Waals surface area contributed by atoms with E-state index in [1.165, 1.54) is 12.1 Å². The molecule has 2 aliphatic rings. The first-order valence-corrected chi connectivity index (χ1v) is 10.5. The van der Waals surface area contributed by atoms with E-state index in [1.54, 1.807) is 4.90 Å². The van der Waals surface area contributed by atoms with Gasteiger partial charge in [-0.15, -0.1) is 0 Å². The Bertz CT molecular complexity index is 975. The Morgan fingerprint density at radius 1 is 1.20 bits per heavy atom. The number of hydrogen-bond donors (Lipinski definition) is 3. The summed E-state index contributed by atoms with van der Waals surface area (Å²) in [6.07, 6.45) is 4.60. The largest absolute Gasteiger partial charge is 0.508 e. The van der Waals surface area contributed by atoms with E-state index >= 15 is 0 Å². The van der Waals surface area contributed by atoms with E-state index < -0.39 is 0 Å². The van der Waals surface area contributed by atoms with E-state index in [0.29, 0.717) is 29.9 Å². The zero-order valence-electron chi connectivity index (χ0n) is 17.3. The normalized spacial score (nSPS) is 16.7. The number of phenols is 2. The van der Waals surface area contributed by atoms with Gasteiger partial charge in [0.05, 0.1) is 12.1 Å². The van der Waals surface area contributed by atoms with Crippen molar-refractivity contribution in [3.05, 3.63) is 40.3 Å². The van der Waals surface area contributed by atoms with Crippen molar-refractivity contribution in [1.29, 1.82) is 0 Å². The third-order valence-electron chi connectivity index (χ3n) is 6.02. The highest BCUT2D eigenvalue weighted by Crippen LogP contribution is 2.34. The molecule has 0 radical (unpaired) electrons. The third-order valence-corrected chi connectivity index (χ3v) is 6.02. The Morgan fingerprint density at radius 3 is 2.63 bits per heavy atom. The van der Waals surface area contributed by atoms with Gasteiger partial charge in [0, 0.05) is 30.6 Å². The second-order valence-electron chi connectivity index (χ2n) is 8.45. The van der Waals surface area contributed by atoms with Gasteiger partial charge in [0.15, 0.2) is 5.69 Å². The maximum absolute atomic E-state index is 13.1. The Labute approximate surface area is 174 Å².